The van der Waals surface area contributed by atoms with Gasteiger partial charge in [-0.15, -0.1) is 0 Å². The Bertz CT molecular complexity index is 2040. The normalized spacial score (nSPS) is 10.7. The Morgan fingerprint density at radius 2 is 1.10 bits per heavy atom. The highest BCUT2D eigenvalue weighted by Crippen LogP contribution is 2.25. The maximum Gasteiger partial charge on any atom is 0.267 e. The largest absolute Gasteiger partial charge is 0.508 e. The monoisotopic (exact) mass is 566 g/mol. The Labute approximate surface area is 238 Å². The van der Waals surface area contributed by atoms with E-state index in [1.165, 1.54) is 46.1 Å². The van der Waals surface area contributed by atoms with Crippen molar-refractivity contribution < 1.29 is 19.7 Å². The Morgan fingerprint density at radius 3 is 1.62 bits per heavy atom. The van der Waals surface area contributed by atoms with Gasteiger partial charge < -0.3 is 31.2 Å². The van der Waals surface area contributed by atoms with Crippen LogP contribution in [0.15, 0.2) is 95.0 Å². The molecule has 0 atom stereocenters. The van der Waals surface area contributed by atoms with Crippen LogP contribution in [0.2, 0.25) is 0 Å². The van der Waals surface area contributed by atoms with Crippen LogP contribution in [0.4, 0.5) is 11.4 Å². The number of hydrogen-bond acceptors (Lipinski definition) is 10. The highest BCUT2D eigenvalue weighted by molar-refractivity contribution is 5.91. The molecule has 0 unspecified atom stereocenters. The number of anilines is 2. The van der Waals surface area contributed by atoms with Gasteiger partial charge in [-0.2, -0.15) is 0 Å². The molecule has 2 aromatic heterocycles. The van der Waals surface area contributed by atoms with Gasteiger partial charge in [-0.3, -0.25) is 18.7 Å². The Kier molecular flexibility index (Phi) is 7.35. The number of hydrogen-bond donors (Lipinski definition) is 4. The number of nitrogens with two attached hydrogens (primary N) is 2. The van der Waals surface area contributed by atoms with E-state index in [9.17, 15) is 19.8 Å². The van der Waals surface area contributed by atoms with Gasteiger partial charge in [0.15, 0.2) is 0 Å². The van der Waals surface area contributed by atoms with E-state index in [2.05, 4.69) is 9.97 Å². The molecule has 0 aliphatic heterocycles. The highest BCUT2D eigenvalue weighted by atomic mass is 16.5. The van der Waals surface area contributed by atoms with E-state index in [4.69, 9.17) is 20.9 Å². The summed E-state index contributed by atoms with van der Waals surface area (Å²) in [5.74, 6) is 1.36. The lowest BCUT2D eigenvalue weighted by Crippen LogP contribution is -2.19. The molecule has 0 bridgehead atoms. The lowest BCUT2D eigenvalue weighted by atomic mass is 10.2. The van der Waals surface area contributed by atoms with Crippen molar-refractivity contribution in [2.45, 2.75) is 0 Å². The molecule has 6 aromatic rings. The smallest absolute Gasteiger partial charge is 0.267 e. The Hall–Kier alpha value is -6.04. The summed E-state index contributed by atoms with van der Waals surface area (Å²) >= 11 is 0. The second-order valence-corrected chi connectivity index (χ2v) is 9.09. The summed E-state index contributed by atoms with van der Waals surface area (Å²) < 4.78 is 13.0. The maximum atomic E-state index is 12.7. The van der Waals surface area contributed by atoms with Gasteiger partial charge in [0, 0.05) is 24.3 Å². The summed E-state index contributed by atoms with van der Waals surface area (Å²) in [7, 11) is 3.13. The van der Waals surface area contributed by atoms with Crippen molar-refractivity contribution in [1.29, 1.82) is 0 Å². The SMILES string of the molecule is COc1ccc(-n2cnc3cc(OC)cc(N)c3c2=O)cc1.Nc1cc(O)cc2ncn(-c3ccc(O)cc3)c(=O)c12. The van der Waals surface area contributed by atoms with Gasteiger partial charge in [-0.25, -0.2) is 9.97 Å². The molecule has 0 saturated heterocycles. The van der Waals surface area contributed by atoms with Crippen LogP contribution in [0.25, 0.3) is 33.2 Å². The van der Waals surface area contributed by atoms with E-state index >= 15 is 0 Å². The van der Waals surface area contributed by atoms with Crippen LogP contribution in [-0.2, 0) is 0 Å². The molecule has 42 heavy (non-hydrogen) atoms. The second-order valence-electron chi connectivity index (χ2n) is 9.09. The minimum Gasteiger partial charge on any atom is -0.508 e. The first-order valence-electron chi connectivity index (χ1n) is 12.5. The van der Waals surface area contributed by atoms with E-state index in [-0.39, 0.29) is 33.7 Å². The van der Waals surface area contributed by atoms with E-state index < -0.39 is 0 Å². The predicted molar refractivity (Wildman–Crippen MR) is 160 cm³/mol. The average Bonchev–Trinajstić information content (AvgIpc) is 2.98. The van der Waals surface area contributed by atoms with Crippen molar-refractivity contribution in [3.63, 3.8) is 0 Å². The van der Waals surface area contributed by atoms with E-state index in [1.54, 1.807) is 62.8 Å². The second kappa shape index (κ2) is 11.2. The lowest BCUT2D eigenvalue weighted by Gasteiger charge is -2.10. The molecular weight excluding hydrogens is 540 g/mol. The van der Waals surface area contributed by atoms with Gasteiger partial charge in [-0.05, 0) is 48.5 Å². The van der Waals surface area contributed by atoms with Crippen molar-refractivity contribution in [3.8, 4) is 34.4 Å². The van der Waals surface area contributed by atoms with Crippen LogP contribution in [-0.4, -0.2) is 43.5 Å². The van der Waals surface area contributed by atoms with Crippen molar-refractivity contribution >= 4 is 33.2 Å². The molecule has 0 amide bonds. The molecule has 4 aromatic carbocycles. The summed E-state index contributed by atoms with van der Waals surface area (Å²) in [5.41, 5.74) is 13.8. The van der Waals surface area contributed by atoms with Crippen LogP contribution >= 0.6 is 0 Å². The number of aromatic nitrogens is 4. The molecule has 12 heteroatoms. The summed E-state index contributed by atoms with van der Waals surface area (Å²) in [5, 5.41) is 19.4. The molecule has 6 N–H and O–H groups in total. The van der Waals surface area contributed by atoms with Crippen molar-refractivity contribution in [2.24, 2.45) is 0 Å². The Morgan fingerprint density at radius 1 is 0.619 bits per heavy atom. The fraction of sp³-hybridized carbons (Fsp3) is 0.0667. The number of phenols is 2. The number of nitrogen functional groups attached to an aromatic ring is 2. The fourth-order valence-electron chi connectivity index (χ4n) is 4.35. The number of ether oxygens (including phenoxy) is 2. The molecule has 6 rings (SSSR count). The molecule has 2 heterocycles. The van der Waals surface area contributed by atoms with Crippen molar-refractivity contribution in [2.75, 3.05) is 25.7 Å². The van der Waals surface area contributed by atoms with E-state index in [0.717, 1.165) is 5.75 Å². The number of phenolic OH excluding ortho intramolecular Hbond substituents is 2. The lowest BCUT2D eigenvalue weighted by molar-refractivity contribution is 0.414. The maximum absolute atomic E-state index is 12.7. The number of benzene rings is 4. The zero-order chi connectivity index (χ0) is 30.0. The first-order valence-corrected chi connectivity index (χ1v) is 12.5. The molecular formula is C30H26N6O6. The van der Waals surface area contributed by atoms with Crippen LogP contribution in [0.1, 0.15) is 0 Å². The number of aromatic hydroxyl groups is 2. The summed E-state index contributed by atoms with van der Waals surface area (Å²) in [6.45, 7) is 0. The topological polar surface area (TPSA) is 181 Å². The van der Waals surface area contributed by atoms with E-state index in [1.807, 2.05) is 0 Å². The van der Waals surface area contributed by atoms with Crippen molar-refractivity contribution in [1.82, 2.24) is 19.1 Å². The third-order valence-corrected chi connectivity index (χ3v) is 6.46. The molecule has 12 nitrogen and oxygen atoms in total. The molecule has 212 valence electrons. The van der Waals surface area contributed by atoms with Gasteiger partial charge >= 0.3 is 0 Å². The number of nitrogens with zero attached hydrogens (tertiary/aromatic N) is 4. The number of rotatable bonds is 4. The number of methoxy groups -OCH3 is 2. The molecule has 0 aliphatic rings. The average molecular weight is 567 g/mol. The minimum atomic E-state index is -0.335. The van der Waals surface area contributed by atoms with Crippen LogP contribution < -0.4 is 32.1 Å². The standard InChI is InChI=1S/C16H15N3O3.C14H11N3O3/c1-21-11-5-3-10(4-6-11)19-9-18-14-8-12(22-2)7-13(17)15(14)16(19)20;15-11-5-10(19)6-12-13(11)14(20)17(7-16-12)8-1-3-9(18)4-2-8/h3-9H,17H2,1-2H3;1-7,18-19H,15H2. The summed E-state index contributed by atoms with van der Waals surface area (Å²) in [6, 6.07) is 19.3. The van der Waals surface area contributed by atoms with E-state index in [0.29, 0.717) is 39.2 Å². The first kappa shape index (κ1) is 27.5. The van der Waals surface area contributed by atoms with Gasteiger partial charge in [0.05, 0.1) is 58.8 Å². The third kappa shape index (κ3) is 5.23. The predicted octanol–water partition coefficient (Wildman–Crippen LogP) is 3.36. The quantitative estimate of drug-likeness (QED) is 0.231. The summed E-state index contributed by atoms with van der Waals surface area (Å²) in [6.07, 6.45) is 2.83. The van der Waals surface area contributed by atoms with Gasteiger partial charge in [-0.1, -0.05) is 0 Å². The van der Waals surface area contributed by atoms with Gasteiger partial charge in [0.1, 0.15) is 35.7 Å². The van der Waals surface area contributed by atoms with Crippen LogP contribution in [0.3, 0.4) is 0 Å². The molecule has 0 fully saturated rings. The third-order valence-electron chi connectivity index (χ3n) is 6.46. The highest BCUT2D eigenvalue weighted by Gasteiger charge is 2.12. The Balaban J connectivity index is 0.000000169. The zero-order valence-corrected chi connectivity index (χ0v) is 22.6. The van der Waals surface area contributed by atoms with Gasteiger partial charge in [0.25, 0.3) is 11.1 Å². The molecule has 0 spiro atoms. The molecule has 0 aliphatic carbocycles. The summed E-state index contributed by atoms with van der Waals surface area (Å²) in [4.78, 5) is 33.5. The zero-order valence-electron chi connectivity index (χ0n) is 22.6. The van der Waals surface area contributed by atoms with Crippen LogP contribution in [0, 0.1) is 0 Å². The molecule has 0 radical (unpaired) electrons. The first-order chi connectivity index (χ1) is 20.2. The van der Waals surface area contributed by atoms with Crippen LogP contribution in [0.5, 0.6) is 23.0 Å². The van der Waals surface area contributed by atoms with Crippen molar-refractivity contribution in [3.05, 3.63) is 106 Å². The van der Waals surface area contributed by atoms with Gasteiger partial charge in [0.2, 0.25) is 0 Å². The number of fused-ring (bicyclic) bond motifs is 2. The fourth-order valence-corrected chi connectivity index (χ4v) is 4.35. The minimum absolute atomic E-state index is 0.0377. The molecule has 0 saturated carbocycles.